The first-order valence-corrected chi connectivity index (χ1v) is 13.3. The molecule has 106 valence electrons. The Bertz CT molecular complexity index is 319. The number of rotatable bonds is 4. The summed E-state index contributed by atoms with van der Waals surface area (Å²) in [5.41, 5.74) is -0.440. The Labute approximate surface area is 112 Å². The van der Waals surface area contributed by atoms with Crippen molar-refractivity contribution < 1.29 is 18.4 Å². The van der Waals surface area contributed by atoms with Gasteiger partial charge in [0.2, 0.25) is 0 Å². The summed E-state index contributed by atoms with van der Waals surface area (Å²) in [6, 6.07) is 0. The predicted molar refractivity (Wildman–Crippen MR) is 76.4 cm³/mol. The summed E-state index contributed by atoms with van der Waals surface area (Å²) < 4.78 is 17.3. The molecule has 0 saturated carbocycles. The highest BCUT2D eigenvalue weighted by Crippen LogP contribution is 2.33. The molecule has 0 aromatic carbocycles. The molecule has 2 unspecified atom stereocenters. The van der Waals surface area contributed by atoms with E-state index in [0.717, 1.165) is 0 Å². The molecular formula is C12H26O4Si2. The Morgan fingerprint density at radius 1 is 1.17 bits per heavy atom. The Kier molecular flexibility index (Phi) is 4.47. The second-order valence-electron chi connectivity index (χ2n) is 7.19. The smallest absolute Gasteiger partial charge is 0.310 e. The highest BCUT2D eigenvalue weighted by Gasteiger charge is 2.43. The number of esters is 1. The first kappa shape index (κ1) is 15.9. The Hall–Kier alpha value is -0.176. The van der Waals surface area contributed by atoms with E-state index in [2.05, 4.69) is 39.3 Å². The van der Waals surface area contributed by atoms with Gasteiger partial charge < -0.3 is 13.6 Å². The zero-order chi connectivity index (χ0) is 14.2. The van der Waals surface area contributed by atoms with Crippen molar-refractivity contribution in [2.24, 2.45) is 0 Å². The number of ether oxygens (including phenoxy) is 1. The molecule has 0 aromatic rings. The predicted octanol–water partition coefficient (Wildman–Crippen LogP) is 3.11. The molecule has 0 bridgehead atoms. The zero-order valence-corrected chi connectivity index (χ0v) is 14.6. The van der Waals surface area contributed by atoms with Gasteiger partial charge in [0, 0.05) is 6.42 Å². The maximum absolute atomic E-state index is 11.7. The van der Waals surface area contributed by atoms with Gasteiger partial charge in [0.25, 0.3) is 0 Å². The van der Waals surface area contributed by atoms with Crippen LogP contribution in [-0.2, 0) is 18.4 Å². The maximum atomic E-state index is 11.7. The molecule has 0 aromatic heterocycles. The van der Waals surface area contributed by atoms with Crippen molar-refractivity contribution in [2.45, 2.75) is 70.9 Å². The van der Waals surface area contributed by atoms with Crippen LogP contribution in [0.5, 0.6) is 0 Å². The van der Waals surface area contributed by atoms with Crippen molar-refractivity contribution >= 4 is 22.6 Å². The van der Waals surface area contributed by atoms with Crippen LogP contribution >= 0.6 is 0 Å². The van der Waals surface area contributed by atoms with E-state index >= 15 is 0 Å². The Morgan fingerprint density at radius 2 is 1.72 bits per heavy atom. The minimum atomic E-state index is -1.72. The molecule has 1 saturated heterocycles. The van der Waals surface area contributed by atoms with Crippen molar-refractivity contribution in [1.29, 1.82) is 0 Å². The summed E-state index contributed by atoms with van der Waals surface area (Å²) in [6.07, 6.45) is 0.509. The monoisotopic (exact) mass is 290 g/mol. The fourth-order valence-corrected chi connectivity index (χ4v) is 4.79. The molecule has 0 amide bonds. The minimum Gasteiger partial charge on any atom is -0.437 e. The van der Waals surface area contributed by atoms with Gasteiger partial charge in [-0.2, -0.15) is 0 Å². The second kappa shape index (κ2) is 5.07. The summed E-state index contributed by atoms with van der Waals surface area (Å²) in [7, 11) is -3.40. The van der Waals surface area contributed by atoms with E-state index in [9.17, 15) is 4.79 Å². The van der Waals surface area contributed by atoms with E-state index in [4.69, 9.17) is 13.6 Å². The van der Waals surface area contributed by atoms with Gasteiger partial charge in [0.15, 0.2) is 22.9 Å². The first-order chi connectivity index (χ1) is 7.89. The van der Waals surface area contributed by atoms with Gasteiger partial charge >= 0.3 is 5.97 Å². The fourth-order valence-electron chi connectivity index (χ4n) is 2.24. The van der Waals surface area contributed by atoms with Gasteiger partial charge in [-0.25, -0.2) is 0 Å². The lowest BCUT2D eigenvalue weighted by Gasteiger charge is -2.42. The standard InChI is InChI=1S/C12H26O4Si2/c1-12(16-18(5,6)7)8-10(13)14-11(9-12)15-17(2,3)4/h11H,8-9H2,1-7H3. The molecule has 1 aliphatic rings. The van der Waals surface area contributed by atoms with Crippen molar-refractivity contribution in [3.05, 3.63) is 0 Å². The molecular weight excluding hydrogens is 264 g/mol. The normalized spacial score (nSPS) is 30.2. The van der Waals surface area contributed by atoms with E-state index in [-0.39, 0.29) is 5.97 Å². The summed E-state index contributed by atoms with van der Waals surface area (Å²) >= 11 is 0. The molecule has 0 spiro atoms. The topological polar surface area (TPSA) is 44.8 Å². The van der Waals surface area contributed by atoms with Gasteiger partial charge in [-0.1, -0.05) is 0 Å². The third kappa shape index (κ3) is 5.64. The van der Waals surface area contributed by atoms with Crippen LogP contribution in [0.4, 0.5) is 0 Å². The largest absolute Gasteiger partial charge is 0.437 e. The summed E-state index contributed by atoms with van der Waals surface area (Å²) in [5.74, 6) is -0.217. The second-order valence-corrected chi connectivity index (χ2v) is 16.1. The van der Waals surface area contributed by atoms with Crippen LogP contribution in [0.15, 0.2) is 0 Å². The third-order valence-electron chi connectivity index (χ3n) is 2.42. The number of carbonyl (C=O) groups excluding carboxylic acids is 1. The molecule has 18 heavy (non-hydrogen) atoms. The number of hydrogen-bond acceptors (Lipinski definition) is 4. The van der Waals surface area contributed by atoms with Crippen molar-refractivity contribution in [3.63, 3.8) is 0 Å². The number of carbonyl (C=O) groups is 1. The number of cyclic esters (lactones) is 1. The van der Waals surface area contributed by atoms with Gasteiger partial charge in [-0.3, -0.25) is 4.79 Å². The highest BCUT2D eigenvalue weighted by atomic mass is 28.4. The van der Waals surface area contributed by atoms with Crippen LogP contribution < -0.4 is 0 Å². The third-order valence-corrected chi connectivity index (χ3v) is 4.49. The fraction of sp³-hybridized carbons (Fsp3) is 0.917. The molecule has 0 radical (unpaired) electrons. The van der Waals surface area contributed by atoms with Crippen LogP contribution in [0.25, 0.3) is 0 Å². The molecule has 0 aliphatic carbocycles. The van der Waals surface area contributed by atoms with Crippen LogP contribution in [0.2, 0.25) is 39.3 Å². The lowest BCUT2D eigenvalue weighted by atomic mass is 9.96. The molecule has 4 nitrogen and oxygen atoms in total. The quantitative estimate of drug-likeness (QED) is 0.589. The molecule has 0 N–H and O–H groups in total. The highest BCUT2D eigenvalue weighted by molar-refractivity contribution is 6.70. The molecule has 1 rings (SSSR count). The SMILES string of the molecule is CC1(O[Si](C)(C)C)CC(=O)OC(O[Si](C)(C)C)C1. The van der Waals surface area contributed by atoms with E-state index in [1.165, 1.54) is 0 Å². The van der Waals surface area contributed by atoms with Crippen molar-refractivity contribution in [3.8, 4) is 0 Å². The first-order valence-electron chi connectivity index (χ1n) is 6.46. The van der Waals surface area contributed by atoms with Crippen LogP contribution in [0.3, 0.4) is 0 Å². The van der Waals surface area contributed by atoms with Crippen molar-refractivity contribution in [1.82, 2.24) is 0 Å². The number of hydrogen-bond donors (Lipinski definition) is 0. The van der Waals surface area contributed by atoms with Crippen LogP contribution in [0.1, 0.15) is 19.8 Å². The van der Waals surface area contributed by atoms with E-state index in [1.54, 1.807) is 0 Å². The molecule has 1 aliphatic heterocycles. The summed E-state index contributed by atoms with van der Waals surface area (Å²) in [6.45, 7) is 14.7. The van der Waals surface area contributed by atoms with Gasteiger partial charge in [-0.15, -0.1) is 0 Å². The van der Waals surface area contributed by atoms with E-state index in [1.807, 2.05) is 6.92 Å². The van der Waals surface area contributed by atoms with Crippen molar-refractivity contribution in [2.75, 3.05) is 0 Å². The molecule has 6 heteroatoms. The molecule has 1 heterocycles. The lowest BCUT2D eigenvalue weighted by molar-refractivity contribution is -0.191. The maximum Gasteiger partial charge on any atom is 0.310 e. The van der Waals surface area contributed by atoms with E-state index < -0.39 is 28.5 Å². The van der Waals surface area contributed by atoms with Gasteiger partial charge in [0.05, 0.1) is 12.0 Å². The Balaban J connectivity index is 2.74. The lowest BCUT2D eigenvalue weighted by Crippen LogP contribution is -2.50. The summed E-state index contributed by atoms with van der Waals surface area (Å²) in [5, 5.41) is 0. The Morgan fingerprint density at radius 3 is 2.17 bits per heavy atom. The average molecular weight is 291 g/mol. The minimum absolute atomic E-state index is 0.217. The zero-order valence-electron chi connectivity index (χ0n) is 12.6. The van der Waals surface area contributed by atoms with E-state index in [0.29, 0.717) is 12.8 Å². The molecule has 1 fully saturated rings. The molecule has 2 atom stereocenters. The van der Waals surface area contributed by atoms with Crippen LogP contribution in [-0.4, -0.2) is 34.5 Å². The van der Waals surface area contributed by atoms with Gasteiger partial charge in [0.1, 0.15) is 0 Å². The summed E-state index contributed by atoms with van der Waals surface area (Å²) in [4.78, 5) is 11.7. The average Bonchev–Trinajstić information content (AvgIpc) is 1.90. The van der Waals surface area contributed by atoms with Gasteiger partial charge in [-0.05, 0) is 46.2 Å². The van der Waals surface area contributed by atoms with Crippen LogP contribution in [0, 0.1) is 0 Å².